The van der Waals surface area contributed by atoms with Gasteiger partial charge in [-0.05, 0) is 48.2 Å². The van der Waals surface area contributed by atoms with Crippen LogP contribution in [0.4, 0.5) is 26.5 Å². The van der Waals surface area contributed by atoms with Crippen LogP contribution in [0.15, 0.2) is 81.9 Å². The number of rotatable bonds is 21. The number of nitrogens with two attached hydrogens (primary N) is 2. The van der Waals surface area contributed by atoms with Gasteiger partial charge in [-0.2, -0.15) is 4.98 Å². The third kappa shape index (κ3) is 13.9. The quantitative estimate of drug-likeness (QED) is 0.0231. The number of esters is 1. The molecule has 2 aromatic heterocycles. The molecule has 11 N–H and O–H groups in total. The van der Waals surface area contributed by atoms with E-state index in [1.165, 1.54) is 31.3 Å². The number of benzene rings is 2. The van der Waals surface area contributed by atoms with Gasteiger partial charge in [-0.25, -0.2) is 33.1 Å². The number of hydrogen-bond acceptors (Lipinski definition) is 20. The number of aliphatic hydroxyl groups excluding tert-OH is 2. The summed E-state index contributed by atoms with van der Waals surface area (Å²) in [7, 11) is -9.25. The van der Waals surface area contributed by atoms with Gasteiger partial charge in [0.25, 0.3) is 0 Å². The van der Waals surface area contributed by atoms with Crippen LogP contribution in [0.25, 0.3) is 0 Å². The van der Waals surface area contributed by atoms with E-state index in [0.717, 1.165) is 27.7 Å². The average molecular weight is 1020 g/mol. The van der Waals surface area contributed by atoms with Crippen molar-refractivity contribution in [2.24, 2.45) is 15.7 Å². The fourth-order valence-corrected chi connectivity index (χ4v) is 8.23. The number of aromatic nitrogens is 4. The van der Waals surface area contributed by atoms with Gasteiger partial charge in [0.1, 0.15) is 60.3 Å². The third-order valence-corrected chi connectivity index (χ3v) is 11.7. The lowest BCUT2D eigenvalue weighted by atomic mass is 10.1. The van der Waals surface area contributed by atoms with E-state index < -0.39 is 108 Å². The van der Waals surface area contributed by atoms with Crippen LogP contribution in [-0.2, 0) is 64.3 Å². The maximum atomic E-state index is 13.5. The number of nitrogen functional groups attached to an aromatic ring is 1. The van der Waals surface area contributed by atoms with Crippen LogP contribution in [0.5, 0.6) is 0 Å². The largest absolute Gasteiger partial charge is 0.472 e. The van der Waals surface area contributed by atoms with Gasteiger partial charge in [0, 0.05) is 25.5 Å². The summed E-state index contributed by atoms with van der Waals surface area (Å²) in [6, 6.07) is 13.0. The number of hydrogen-bond donors (Lipinski definition) is 9. The number of phosphoric acid groups is 2. The number of amides is 2. The number of carbonyl (C=O) groups excluding carboxylic acids is 3. The predicted octanol–water partition coefficient (Wildman–Crippen LogP) is 0.0661. The second-order valence-corrected chi connectivity index (χ2v) is 17.8. The molecule has 2 unspecified atom stereocenters. The average Bonchev–Trinajstić information content (AvgIpc) is 3.96. The first-order valence-electron chi connectivity index (χ1n) is 20.5. The van der Waals surface area contributed by atoms with E-state index in [4.69, 9.17) is 39.5 Å². The van der Waals surface area contributed by atoms with Crippen LogP contribution in [0.1, 0.15) is 35.7 Å². The number of phosphoric ester groups is 2. The summed E-state index contributed by atoms with van der Waals surface area (Å²) in [5.74, 6) is -2.11. The molecule has 0 aliphatic carbocycles. The van der Waals surface area contributed by atoms with E-state index in [1.807, 2.05) is 0 Å². The number of anilines is 2. The van der Waals surface area contributed by atoms with Gasteiger partial charge in [-0.1, -0.05) is 24.3 Å². The highest BCUT2D eigenvalue weighted by molar-refractivity contribution is 7.47. The van der Waals surface area contributed by atoms with Gasteiger partial charge in [-0.3, -0.25) is 37.3 Å². The first-order valence-corrected chi connectivity index (χ1v) is 23.5. The van der Waals surface area contributed by atoms with Crippen LogP contribution < -0.4 is 27.8 Å². The summed E-state index contributed by atoms with van der Waals surface area (Å²) in [5.41, 5.74) is 12.1. The molecule has 2 fully saturated rings. The number of nitrogens with one attached hydrogen (secondary N) is 2. The SMILES string of the molecule is C=Nc1c(C(N)=NC)ncn1[C@@H]1OC(COP(=O)(O)O[C@H]2[C@@H](O)[C@H](n3ccc(N)nc3=O)O[C@@H]2COP(=O)(O)O)[C@@H](OC(=O)CCNC(=O)OCc2ccc(NC(=O)Cc3ccc(F)cc3)cc2)[C@H]1O. The highest BCUT2D eigenvalue weighted by atomic mass is 31.2. The van der Waals surface area contributed by atoms with Crippen LogP contribution in [-0.4, -0.2) is 138 Å². The van der Waals surface area contributed by atoms with Crippen molar-refractivity contribution in [3.8, 4) is 0 Å². The minimum atomic E-state index is -5.43. The van der Waals surface area contributed by atoms with Gasteiger partial charge in [0.2, 0.25) is 5.91 Å². The van der Waals surface area contributed by atoms with Crippen molar-refractivity contribution in [2.75, 3.05) is 37.9 Å². The molecule has 2 aromatic carbocycles. The Balaban J connectivity index is 1.07. The van der Waals surface area contributed by atoms with Crippen molar-refractivity contribution in [1.29, 1.82) is 0 Å². The highest BCUT2D eigenvalue weighted by Gasteiger charge is 2.52. The molecule has 9 atom stereocenters. The fourth-order valence-electron chi connectivity index (χ4n) is 6.92. The number of aliphatic hydroxyl groups is 2. The number of imidazole rings is 1. The van der Waals surface area contributed by atoms with Crippen LogP contribution in [0.2, 0.25) is 0 Å². The molecule has 2 aliphatic rings. The van der Waals surface area contributed by atoms with Crippen molar-refractivity contribution in [1.82, 2.24) is 24.4 Å². The number of ether oxygens (including phenoxy) is 4. The molecule has 4 heterocycles. The number of amidine groups is 1. The Morgan fingerprint density at radius 2 is 1.56 bits per heavy atom. The lowest BCUT2D eigenvalue weighted by Crippen LogP contribution is -2.39. The normalized spacial score (nSPS) is 23.3. The van der Waals surface area contributed by atoms with Gasteiger partial charge in [0.05, 0.1) is 32.4 Å². The molecule has 378 valence electrons. The third-order valence-electron chi connectivity index (χ3n) is 10.2. The van der Waals surface area contributed by atoms with E-state index in [9.17, 15) is 57.6 Å². The molecule has 0 radical (unpaired) electrons. The Hall–Kier alpha value is -6.33. The fraction of sp³-hybridized carbons (Fsp3) is 0.385. The second-order valence-electron chi connectivity index (χ2n) is 15.1. The maximum absolute atomic E-state index is 13.5. The Kier molecular flexibility index (Phi) is 17.5. The minimum Gasteiger partial charge on any atom is -0.456 e. The molecule has 2 saturated heterocycles. The summed E-state index contributed by atoms with van der Waals surface area (Å²) in [4.78, 5) is 95.5. The topological polar surface area (TPSA) is 405 Å². The minimum absolute atomic E-state index is 0.0195. The van der Waals surface area contributed by atoms with Crippen LogP contribution >= 0.6 is 15.6 Å². The monoisotopic (exact) mass is 1020 g/mol. The number of alkyl carbamates (subject to hydrolysis) is 1. The first-order chi connectivity index (χ1) is 33.1. The number of halogens is 1. The molecular weight excluding hydrogens is 977 g/mol. The molecule has 2 amide bonds. The van der Waals surface area contributed by atoms with Crippen molar-refractivity contribution >= 4 is 63.5 Å². The van der Waals surface area contributed by atoms with Gasteiger partial charge in [-0.15, -0.1) is 0 Å². The summed E-state index contributed by atoms with van der Waals surface area (Å²) < 4.78 is 77.2. The van der Waals surface area contributed by atoms with Crippen molar-refractivity contribution in [3.63, 3.8) is 0 Å². The molecule has 31 heteroatoms. The lowest BCUT2D eigenvalue weighted by Gasteiger charge is -2.25. The highest BCUT2D eigenvalue weighted by Crippen LogP contribution is 2.50. The molecular formula is C39H47FN10O18P2. The number of aliphatic imine (C=N–C) groups is 2. The molecule has 70 heavy (non-hydrogen) atoms. The Labute approximate surface area is 394 Å². The van der Waals surface area contributed by atoms with E-state index in [2.05, 4.69) is 41.8 Å². The summed E-state index contributed by atoms with van der Waals surface area (Å²) >= 11 is 0. The molecule has 28 nitrogen and oxygen atoms in total. The predicted molar refractivity (Wildman–Crippen MR) is 237 cm³/mol. The summed E-state index contributed by atoms with van der Waals surface area (Å²) in [6.45, 7) is 0.910. The second kappa shape index (κ2) is 23.1. The number of carbonyl (C=O) groups is 3. The van der Waals surface area contributed by atoms with E-state index in [0.29, 0.717) is 16.8 Å². The molecule has 0 saturated carbocycles. The van der Waals surface area contributed by atoms with Crippen LogP contribution in [0.3, 0.4) is 0 Å². The molecule has 2 aliphatic heterocycles. The smallest absolute Gasteiger partial charge is 0.456 e. The maximum Gasteiger partial charge on any atom is 0.472 e. The van der Waals surface area contributed by atoms with Crippen LogP contribution in [0, 0.1) is 5.82 Å². The van der Waals surface area contributed by atoms with Gasteiger partial charge in [0.15, 0.2) is 24.4 Å². The van der Waals surface area contributed by atoms with Gasteiger partial charge < -0.3 is 65.9 Å². The van der Waals surface area contributed by atoms with Crippen molar-refractivity contribution < 1.29 is 85.3 Å². The summed E-state index contributed by atoms with van der Waals surface area (Å²) in [5, 5.41) is 27.7. The van der Waals surface area contributed by atoms with E-state index in [1.54, 1.807) is 24.3 Å². The lowest BCUT2D eigenvalue weighted by molar-refractivity contribution is -0.156. The zero-order chi connectivity index (χ0) is 50.9. The Bertz CT molecular complexity index is 2710. The Morgan fingerprint density at radius 1 is 0.929 bits per heavy atom. The zero-order valence-corrected chi connectivity index (χ0v) is 38.4. The number of nitrogens with zero attached hydrogens (tertiary/aromatic N) is 6. The van der Waals surface area contributed by atoms with E-state index in [-0.39, 0.29) is 48.6 Å². The molecule has 6 rings (SSSR count). The molecule has 0 spiro atoms. The van der Waals surface area contributed by atoms with E-state index >= 15 is 0 Å². The molecule has 0 bridgehead atoms. The first kappa shape index (κ1) is 53.0. The molecule has 4 aromatic rings. The van der Waals surface area contributed by atoms with Gasteiger partial charge >= 0.3 is 33.4 Å². The standard InChI is InChI=1S/C39H47FN10O18P2/c1-43-34(42)29-35(44-2)50(19-46-29)37-30(53)32(67-28(52)11-13-45-39(56)62-16-21-5-9-23(10-6-21)47-27(51)15-20-3-7-22(40)8-4-20)24(65-37)18-64-70(60,61)68-33-25(17-63-69(57,58)59)66-36(31(33)54)49-14-12-26(41)48-38(49)55/h3-10,12,14,19,24-25,30-33,36-37,53-54H,2,11,13,15-18H2,1H3,(H2,42,43)(H,45,56)(H,47,51)(H,60,61)(H2,41,48,55)(H2,57,58,59)/t24?,25-,30-,31-,32-,33-,36-,37-/m1/s1. The Morgan fingerprint density at radius 3 is 2.20 bits per heavy atom. The van der Waals surface area contributed by atoms with Crippen molar-refractivity contribution in [2.45, 2.75) is 68.5 Å². The summed E-state index contributed by atoms with van der Waals surface area (Å²) in [6.07, 6.45) is -13.3. The van der Waals surface area contributed by atoms with Crippen molar-refractivity contribution in [3.05, 3.63) is 100 Å². The zero-order valence-electron chi connectivity index (χ0n) is 36.6.